The Morgan fingerprint density at radius 2 is 2.06 bits per heavy atom. The normalized spacial score (nSPS) is 10.9. The van der Waals surface area contributed by atoms with Crippen LogP contribution in [-0.2, 0) is 12.8 Å². The average molecular weight is 329 g/mol. The highest BCUT2D eigenvalue weighted by molar-refractivity contribution is 9.10. The van der Waals surface area contributed by atoms with Crippen LogP contribution in [0.2, 0.25) is 5.15 Å². The molecule has 0 radical (unpaired) electrons. The monoisotopic (exact) mass is 327 g/mol. The fraction of sp³-hybridized carbons (Fsp3) is 0.385. The van der Waals surface area contributed by atoms with E-state index in [0.29, 0.717) is 5.15 Å². The zero-order valence-corrected chi connectivity index (χ0v) is 13.0. The minimum atomic E-state index is 0.673. The van der Waals surface area contributed by atoms with Crippen LogP contribution in [0.25, 0.3) is 5.82 Å². The van der Waals surface area contributed by atoms with Gasteiger partial charge in [0.2, 0.25) is 0 Å². The minimum Gasteiger partial charge on any atom is -0.270 e. The van der Waals surface area contributed by atoms with E-state index >= 15 is 0 Å². The number of hydrogen-bond acceptors (Lipinski definition) is 2. The van der Waals surface area contributed by atoms with Gasteiger partial charge in [-0.1, -0.05) is 25.4 Å². The van der Waals surface area contributed by atoms with Gasteiger partial charge in [-0.15, -0.1) is 0 Å². The molecule has 18 heavy (non-hydrogen) atoms. The molecule has 0 N–H and O–H groups in total. The molecule has 2 aromatic heterocycles. The molecule has 0 amide bonds. The Labute approximate surface area is 120 Å². The van der Waals surface area contributed by atoms with Crippen molar-refractivity contribution in [3.63, 3.8) is 0 Å². The largest absolute Gasteiger partial charge is 0.270 e. The van der Waals surface area contributed by atoms with Crippen LogP contribution in [0, 0.1) is 6.92 Å². The number of aromatic nitrogens is 3. The van der Waals surface area contributed by atoms with Crippen molar-refractivity contribution in [3.05, 3.63) is 39.0 Å². The van der Waals surface area contributed by atoms with Crippen LogP contribution in [0.4, 0.5) is 0 Å². The molecule has 0 aliphatic heterocycles. The quantitative estimate of drug-likeness (QED) is 0.848. The second-order valence-electron chi connectivity index (χ2n) is 4.10. The lowest BCUT2D eigenvalue weighted by Gasteiger charge is -2.10. The van der Waals surface area contributed by atoms with E-state index in [9.17, 15) is 0 Å². The van der Waals surface area contributed by atoms with E-state index in [4.69, 9.17) is 11.6 Å². The highest BCUT2D eigenvalue weighted by atomic mass is 79.9. The Hall–Kier alpha value is -0.870. The summed E-state index contributed by atoms with van der Waals surface area (Å²) in [5.74, 6) is 1.81. The molecule has 5 heteroatoms. The highest BCUT2D eigenvalue weighted by Crippen LogP contribution is 2.26. The van der Waals surface area contributed by atoms with Crippen molar-refractivity contribution < 1.29 is 0 Å². The van der Waals surface area contributed by atoms with Crippen LogP contribution >= 0.6 is 27.5 Å². The third-order valence-electron chi connectivity index (χ3n) is 2.84. The molecule has 0 aromatic carbocycles. The molecule has 0 atom stereocenters. The molecule has 3 nitrogen and oxygen atoms in total. The van der Waals surface area contributed by atoms with Gasteiger partial charge in [0.05, 0.1) is 5.69 Å². The van der Waals surface area contributed by atoms with Gasteiger partial charge in [-0.25, -0.2) is 9.97 Å². The summed E-state index contributed by atoms with van der Waals surface area (Å²) >= 11 is 9.82. The summed E-state index contributed by atoms with van der Waals surface area (Å²) in [5, 5.41) is 0.673. The lowest BCUT2D eigenvalue weighted by molar-refractivity contribution is 0.858. The van der Waals surface area contributed by atoms with Crippen molar-refractivity contribution >= 4 is 27.5 Å². The van der Waals surface area contributed by atoms with Gasteiger partial charge in [0.25, 0.3) is 0 Å². The minimum absolute atomic E-state index is 0.673. The lowest BCUT2D eigenvalue weighted by Crippen LogP contribution is -2.05. The first-order valence-corrected chi connectivity index (χ1v) is 7.14. The van der Waals surface area contributed by atoms with E-state index in [2.05, 4.69) is 39.7 Å². The fourth-order valence-corrected chi connectivity index (χ4v) is 2.74. The predicted octanol–water partition coefficient (Wildman–Crippen LogP) is 4.12. The smallest absolute Gasteiger partial charge is 0.142 e. The summed E-state index contributed by atoms with van der Waals surface area (Å²) in [7, 11) is 0. The van der Waals surface area contributed by atoms with Crippen LogP contribution in [-0.4, -0.2) is 14.5 Å². The topological polar surface area (TPSA) is 30.7 Å². The molecule has 96 valence electrons. The first-order valence-electron chi connectivity index (χ1n) is 5.97. The molecule has 2 rings (SSSR count). The van der Waals surface area contributed by atoms with Gasteiger partial charge < -0.3 is 0 Å². The number of aryl methyl sites for hydroxylation is 3. The van der Waals surface area contributed by atoms with Crippen molar-refractivity contribution in [2.45, 2.75) is 33.6 Å². The van der Waals surface area contributed by atoms with E-state index in [1.54, 1.807) is 6.20 Å². The number of pyridine rings is 1. The Kier molecular flexibility index (Phi) is 4.07. The van der Waals surface area contributed by atoms with Crippen molar-refractivity contribution in [3.8, 4) is 5.82 Å². The molecule has 2 aromatic rings. The molecule has 0 bridgehead atoms. The summed E-state index contributed by atoms with van der Waals surface area (Å²) in [6.45, 7) is 6.15. The Balaban J connectivity index is 2.66. The van der Waals surface area contributed by atoms with Crippen molar-refractivity contribution in [1.82, 2.24) is 14.5 Å². The molecule has 0 spiro atoms. The zero-order valence-electron chi connectivity index (χ0n) is 10.7. The predicted molar refractivity (Wildman–Crippen MR) is 77.6 cm³/mol. The van der Waals surface area contributed by atoms with Gasteiger partial charge in [-0.2, -0.15) is 0 Å². The Morgan fingerprint density at radius 1 is 1.33 bits per heavy atom. The van der Waals surface area contributed by atoms with E-state index in [1.165, 1.54) is 0 Å². The molecule has 0 saturated carbocycles. The molecule has 0 fully saturated rings. The van der Waals surface area contributed by atoms with Crippen LogP contribution in [0.1, 0.15) is 30.9 Å². The van der Waals surface area contributed by atoms with Gasteiger partial charge in [-0.05, 0) is 40.9 Å². The molecular weight excluding hydrogens is 314 g/mol. The Morgan fingerprint density at radius 3 is 2.61 bits per heavy atom. The standard InChI is InChI=1S/C13H15BrClN3/c1-4-10-12(15)18(11(5-2)17-10)13-8(3)6-9(14)7-16-13/h6-7H,4-5H2,1-3H3. The number of imidazole rings is 1. The Bertz CT molecular complexity index is 578. The first kappa shape index (κ1) is 13.6. The molecular formula is C13H15BrClN3. The summed E-state index contributed by atoms with van der Waals surface area (Å²) in [4.78, 5) is 9.02. The van der Waals surface area contributed by atoms with Crippen molar-refractivity contribution in [2.75, 3.05) is 0 Å². The van der Waals surface area contributed by atoms with Crippen molar-refractivity contribution in [1.29, 1.82) is 0 Å². The molecule has 0 aliphatic rings. The third kappa shape index (κ3) is 2.31. The van der Waals surface area contributed by atoms with Crippen molar-refractivity contribution in [2.24, 2.45) is 0 Å². The van der Waals surface area contributed by atoms with E-state index < -0.39 is 0 Å². The summed E-state index contributed by atoms with van der Waals surface area (Å²) in [6, 6.07) is 2.03. The highest BCUT2D eigenvalue weighted by Gasteiger charge is 2.16. The maximum atomic E-state index is 6.40. The van der Waals surface area contributed by atoms with Crippen LogP contribution in [0.3, 0.4) is 0 Å². The molecule has 0 unspecified atom stereocenters. The summed E-state index contributed by atoms with van der Waals surface area (Å²) < 4.78 is 2.91. The van der Waals surface area contributed by atoms with Crippen LogP contribution in [0.5, 0.6) is 0 Å². The number of hydrogen-bond donors (Lipinski definition) is 0. The number of halogens is 2. The van der Waals surface area contributed by atoms with Gasteiger partial charge in [-0.3, -0.25) is 4.57 Å². The molecule has 0 aliphatic carbocycles. The van der Waals surface area contributed by atoms with Crippen LogP contribution < -0.4 is 0 Å². The number of nitrogens with zero attached hydrogens (tertiary/aromatic N) is 3. The van der Waals surface area contributed by atoms with Gasteiger partial charge >= 0.3 is 0 Å². The van der Waals surface area contributed by atoms with Gasteiger partial charge in [0.15, 0.2) is 0 Å². The van der Waals surface area contributed by atoms with E-state index in [1.807, 2.05) is 17.6 Å². The first-order chi connectivity index (χ1) is 8.58. The van der Waals surface area contributed by atoms with E-state index in [0.717, 1.165) is 40.2 Å². The SMILES string of the molecule is CCc1nc(CC)n(-c2ncc(Br)cc2C)c1Cl. The van der Waals surface area contributed by atoms with E-state index in [-0.39, 0.29) is 0 Å². The second kappa shape index (κ2) is 5.41. The maximum Gasteiger partial charge on any atom is 0.142 e. The average Bonchev–Trinajstić information content (AvgIpc) is 2.66. The fourth-order valence-electron chi connectivity index (χ4n) is 1.94. The zero-order chi connectivity index (χ0) is 13.3. The van der Waals surface area contributed by atoms with Gasteiger partial charge in [0, 0.05) is 17.1 Å². The maximum absolute atomic E-state index is 6.40. The molecule has 2 heterocycles. The second-order valence-corrected chi connectivity index (χ2v) is 5.38. The number of rotatable bonds is 3. The van der Waals surface area contributed by atoms with Crippen LogP contribution in [0.15, 0.2) is 16.7 Å². The summed E-state index contributed by atoms with van der Waals surface area (Å²) in [5.41, 5.74) is 2.00. The van der Waals surface area contributed by atoms with Gasteiger partial charge in [0.1, 0.15) is 16.8 Å². The molecule has 0 saturated heterocycles. The lowest BCUT2D eigenvalue weighted by atomic mass is 10.3. The third-order valence-corrected chi connectivity index (χ3v) is 3.66. The summed E-state index contributed by atoms with van der Waals surface area (Å²) in [6.07, 6.45) is 3.44.